The molecule has 30 heavy (non-hydrogen) atoms. The van der Waals surface area contributed by atoms with E-state index in [0.717, 1.165) is 12.1 Å². The fraction of sp³-hybridized carbons (Fsp3) is 0.105. The number of carbonyl (C=O) groups is 1. The van der Waals surface area contributed by atoms with E-state index in [1.54, 1.807) is 0 Å². The van der Waals surface area contributed by atoms with Crippen LogP contribution in [0, 0.1) is 0 Å². The van der Waals surface area contributed by atoms with Gasteiger partial charge in [-0.3, -0.25) is 9.78 Å². The van der Waals surface area contributed by atoms with Gasteiger partial charge >= 0.3 is 6.18 Å². The summed E-state index contributed by atoms with van der Waals surface area (Å²) in [5, 5.41) is 2.56. The summed E-state index contributed by atoms with van der Waals surface area (Å²) in [6, 6.07) is 7.48. The maximum absolute atomic E-state index is 13.6. The molecule has 0 fully saturated rings. The number of nitrogens with one attached hydrogen (secondary N) is 1. The van der Waals surface area contributed by atoms with Crippen molar-refractivity contribution in [1.29, 1.82) is 0 Å². The van der Waals surface area contributed by atoms with E-state index in [1.807, 2.05) is 0 Å². The second-order valence-corrected chi connectivity index (χ2v) is 6.48. The number of fused-ring (bicyclic) bond motifs is 1. The summed E-state index contributed by atoms with van der Waals surface area (Å²) in [5.41, 5.74) is 10.1. The molecule has 0 atom stereocenters. The Hall–Kier alpha value is -3.60. The largest absolute Gasteiger partial charge is 0.496 e. The molecule has 0 radical (unpaired) electrons. The molecule has 1 heterocycles. The first-order chi connectivity index (χ1) is 14.1. The highest BCUT2D eigenvalue weighted by atomic mass is 32.1. The van der Waals surface area contributed by atoms with Gasteiger partial charge in [0.05, 0.1) is 18.2 Å². The molecular formula is C19H15F3N4O3S. The van der Waals surface area contributed by atoms with Crippen LogP contribution in [-0.2, 0) is 6.18 Å². The smallest absolute Gasteiger partial charge is 0.420 e. The zero-order chi connectivity index (χ0) is 22.1. The molecule has 1 amide bonds. The molecule has 3 rings (SSSR count). The van der Waals surface area contributed by atoms with Crippen molar-refractivity contribution in [2.45, 2.75) is 6.18 Å². The zero-order valence-electron chi connectivity index (χ0n) is 15.4. The first kappa shape index (κ1) is 21.1. The molecule has 0 saturated carbocycles. The molecule has 7 nitrogen and oxygen atoms in total. The van der Waals surface area contributed by atoms with Gasteiger partial charge in [-0.05, 0) is 42.5 Å². The second kappa shape index (κ2) is 8.03. The quantitative estimate of drug-likeness (QED) is 0.522. The number of halogens is 3. The van der Waals surface area contributed by atoms with E-state index in [9.17, 15) is 18.0 Å². The Labute approximate surface area is 173 Å². The maximum Gasteiger partial charge on any atom is 0.420 e. The number of aromatic nitrogens is 1. The first-order valence-electron chi connectivity index (χ1n) is 8.32. The van der Waals surface area contributed by atoms with Crippen molar-refractivity contribution in [1.82, 2.24) is 4.98 Å². The summed E-state index contributed by atoms with van der Waals surface area (Å²) < 4.78 is 51.5. The van der Waals surface area contributed by atoms with Crippen LogP contribution in [0.5, 0.6) is 17.2 Å². The van der Waals surface area contributed by atoms with Crippen LogP contribution in [0.15, 0.2) is 42.6 Å². The Kier molecular flexibility index (Phi) is 5.65. The highest BCUT2D eigenvalue weighted by Crippen LogP contribution is 2.41. The molecule has 0 aliphatic rings. The number of methoxy groups -OCH3 is 1. The van der Waals surface area contributed by atoms with Crippen molar-refractivity contribution in [2.75, 3.05) is 12.4 Å². The van der Waals surface area contributed by atoms with Crippen molar-refractivity contribution in [3.63, 3.8) is 0 Å². The van der Waals surface area contributed by atoms with Gasteiger partial charge in [0.1, 0.15) is 22.8 Å². The van der Waals surface area contributed by atoms with Crippen LogP contribution < -0.4 is 26.3 Å². The predicted octanol–water partition coefficient (Wildman–Crippen LogP) is 3.81. The van der Waals surface area contributed by atoms with E-state index < -0.39 is 23.4 Å². The topological polar surface area (TPSA) is 112 Å². The Morgan fingerprint density at radius 1 is 1.10 bits per heavy atom. The number of benzene rings is 2. The maximum atomic E-state index is 13.6. The third-order valence-electron chi connectivity index (χ3n) is 4.06. The Bertz CT molecular complexity index is 1150. The molecule has 2 aromatic carbocycles. The van der Waals surface area contributed by atoms with E-state index in [0.29, 0.717) is 5.52 Å². The Morgan fingerprint density at radius 2 is 1.83 bits per heavy atom. The van der Waals surface area contributed by atoms with Gasteiger partial charge in [-0.1, -0.05) is 0 Å². The van der Waals surface area contributed by atoms with Crippen molar-refractivity contribution in [3.8, 4) is 17.2 Å². The monoisotopic (exact) mass is 436 g/mol. The van der Waals surface area contributed by atoms with Crippen molar-refractivity contribution in [3.05, 3.63) is 53.7 Å². The molecule has 0 aliphatic carbocycles. The lowest BCUT2D eigenvalue weighted by Crippen LogP contribution is -2.19. The van der Waals surface area contributed by atoms with Crippen LogP contribution in [0.4, 0.5) is 18.9 Å². The molecule has 3 aromatic rings. The molecule has 0 saturated heterocycles. The fourth-order valence-corrected chi connectivity index (χ4v) is 2.90. The fourth-order valence-electron chi connectivity index (χ4n) is 2.78. The minimum absolute atomic E-state index is 0.0369. The average molecular weight is 436 g/mol. The second-order valence-electron chi connectivity index (χ2n) is 6.04. The summed E-state index contributed by atoms with van der Waals surface area (Å²) in [4.78, 5) is 15.8. The van der Waals surface area contributed by atoms with Gasteiger partial charge in [0.15, 0.2) is 5.11 Å². The number of thiocarbonyl (C=S) groups is 1. The molecule has 156 valence electrons. The third-order valence-corrected chi connectivity index (χ3v) is 4.16. The summed E-state index contributed by atoms with van der Waals surface area (Å²) in [6.45, 7) is 0. The van der Waals surface area contributed by atoms with Gasteiger partial charge in [-0.2, -0.15) is 13.2 Å². The highest BCUT2D eigenvalue weighted by Gasteiger charge is 2.35. The number of nitrogens with two attached hydrogens (primary N) is 2. The molecule has 11 heteroatoms. The summed E-state index contributed by atoms with van der Waals surface area (Å²) in [5.74, 6) is -0.998. The van der Waals surface area contributed by atoms with E-state index in [1.165, 1.54) is 37.6 Å². The number of hydrogen-bond acceptors (Lipinski definition) is 5. The zero-order valence-corrected chi connectivity index (χ0v) is 16.2. The van der Waals surface area contributed by atoms with Crippen LogP contribution >= 0.6 is 12.2 Å². The molecule has 0 spiro atoms. The van der Waals surface area contributed by atoms with Crippen LogP contribution in [0.2, 0.25) is 0 Å². The molecule has 1 aromatic heterocycles. The highest BCUT2D eigenvalue weighted by molar-refractivity contribution is 7.80. The number of pyridine rings is 1. The van der Waals surface area contributed by atoms with Crippen LogP contribution in [0.3, 0.4) is 0 Å². The van der Waals surface area contributed by atoms with Gasteiger partial charge in [-0.25, -0.2) is 0 Å². The first-order valence-corrected chi connectivity index (χ1v) is 8.73. The molecule has 0 unspecified atom stereocenters. The average Bonchev–Trinajstić information content (AvgIpc) is 2.67. The van der Waals surface area contributed by atoms with E-state index in [4.69, 9.17) is 20.9 Å². The number of alkyl halides is 3. The van der Waals surface area contributed by atoms with Crippen LogP contribution in [0.1, 0.15) is 15.9 Å². The van der Waals surface area contributed by atoms with Crippen LogP contribution in [-0.4, -0.2) is 23.1 Å². The third kappa shape index (κ3) is 4.35. The minimum atomic E-state index is -4.71. The number of ether oxygens (including phenoxy) is 2. The number of primary amides is 1. The molecule has 0 bridgehead atoms. The Balaban J connectivity index is 2.13. The summed E-state index contributed by atoms with van der Waals surface area (Å²) >= 11 is 4.66. The van der Waals surface area contributed by atoms with E-state index in [2.05, 4.69) is 22.5 Å². The minimum Gasteiger partial charge on any atom is -0.496 e. The number of nitrogens with zero attached hydrogens (tertiary/aromatic N) is 1. The van der Waals surface area contributed by atoms with Gasteiger partial charge in [0.2, 0.25) is 0 Å². The summed E-state index contributed by atoms with van der Waals surface area (Å²) in [7, 11) is 1.35. The lowest BCUT2D eigenvalue weighted by Gasteiger charge is -2.17. The van der Waals surface area contributed by atoms with Gasteiger partial charge in [0, 0.05) is 23.3 Å². The number of anilines is 1. The van der Waals surface area contributed by atoms with Crippen LogP contribution in [0.25, 0.3) is 10.9 Å². The SMILES string of the molecule is COc1cc2nccc(Oc3ccc(NC(N)=S)cc3C(F)(F)F)c2cc1C(N)=O. The van der Waals surface area contributed by atoms with Gasteiger partial charge < -0.3 is 26.3 Å². The van der Waals surface area contributed by atoms with Gasteiger partial charge in [0.25, 0.3) is 5.91 Å². The van der Waals surface area contributed by atoms with E-state index in [-0.39, 0.29) is 33.2 Å². The van der Waals surface area contributed by atoms with Crippen molar-refractivity contribution < 1.29 is 27.4 Å². The van der Waals surface area contributed by atoms with Crippen molar-refractivity contribution >= 4 is 39.8 Å². The normalized spacial score (nSPS) is 11.2. The number of hydrogen-bond donors (Lipinski definition) is 3. The molecule has 5 N–H and O–H groups in total. The molecular weight excluding hydrogens is 421 g/mol. The van der Waals surface area contributed by atoms with Crippen molar-refractivity contribution in [2.24, 2.45) is 11.5 Å². The lowest BCUT2D eigenvalue weighted by molar-refractivity contribution is -0.138. The number of amides is 1. The molecule has 0 aliphatic heterocycles. The summed E-state index contributed by atoms with van der Waals surface area (Å²) in [6.07, 6.45) is -3.36. The van der Waals surface area contributed by atoms with Gasteiger partial charge in [-0.15, -0.1) is 0 Å². The number of carbonyl (C=O) groups excluding carboxylic acids is 1. The lowest BCUT2D eigenvalue weighted by atomic mass is 10.1. The predicted molar refractivity (Wildman–Crippen MR) is 109 cm³/mol. The standard InChI is InChI=1S/C19H15F3N4O3S/c1-28-16-8-13-10(7-11(16)17(23)27)14(4-5-25-13)29-15-3-2-9(26-18(24)30)6-12(15)19(20,21)22/h2-8H,1H3,(H2,23,27)(H3,24,26,30). The van der Waals surface area contributed by atoms with E-state index >= 15 is 0 Å². The number of rotatable bonds is 5. The Morgan fingerprint density at radius 3 is 2.43 bits per heavy atom.